The molecule has 0 bridgehead atoms. The molecule has 2 rings (SSSR count). The number of hydrogen-bond donors (Lipinski definition) is 0. The van der Waals surface area contributed by atoms with Crippen molar-refractivity contribution in [3.8, 4) is 0 Å². The summed E-state index contributed by atoms with van der Waals surface area (Å²) in [4.78, 5) is 4.25. The standard InChI is InChI=1S/C25H29N2/c1-4-8-22(15-18-26-5-2)11-13-24-9-7-10-25(21-24)14-12-23-16-19-27(6-3)20-17-23/h4,7-21H,5-6H2,1-3H3/q+1/b8-4-,13-11+,14-12+,22-15+,26-18?. The second-order valence-corrected chi connectivity index (χ2v) is 6.11. The predicted molar refractivity (Wildman–Crippen MR) is 119 cm³/mol. The summed E-state index contributed by atoms with van der Waals surface area (Å²) in [5.41, 5.74) is 4.70. The van der Waals surface area contributed by atoms with Crippen LogP contribution in [0.2, 0.25) is 0 Å². The van der Waals surface area contributed by atoms with Gasteiger partial charge in [0, 0.05) is 24.9 Å². The first-order valence-electron chi connectivity index (χ1n) is 9.53. The zero-order valence-electron chi connectivity index (χ0n) is 16.5. The summed E-state index contributed by atoms with van der Waals surface area (Å²) in [5.74, 6) is 0. The molecule has 0 saturated heterocycles. The van der Waals surface area contributed by atoms with Gasteiger partial charge in [-0.2, -0.15) is 0 Å². The molecule has 0 saturated carbocycles. The van der Waals surface area contributed by atoms with Crippen molar-refractivity contribution in [2.24, 2.45) is 4.99 Å². The van der Waals surface area contributed by atoms with E-state index in [1.807, 2.05) is 32.2 Å². The Morgan fingerprint density at radius 1 is 0.926 bits per heavy atom. The molecule has 0 aliphatic rings. The molecule has 1 aromatic heterocycles. The topological polar surface area (TPSA) is 16.2 Å². The van der Waals surface area contributed by atoms with Crippen molar-refractivity contribution in [2.45, 2.75) is 27.3 Å². The van der Waals surface area contributed by atoms with Crippen LogP contribution in [0.3, 0.4) is 0 Å². The summed E-state index contributed by atoms with van der Waals surface area (Å²) in [7, 11) is 0. The van der Waals surface area contributed by atoms with Gasteiger partial charge in [0.1, 0.15) is 6.54 Å². The lowest BCUT2D eigenvalue weighted by Gasteiger charge is -1.98. The summed E-state index contributed by atoms with van der Waals surface area (Å²) in [6.45, 7) is 7.99. The Balaban J connectivity index is 2.12. The Hall–Kier alpha value is -3.00. The fourth-order valence-corrected chi connectivity index (χ4v) is 2.55. The van der Waals surface area contributed by atoms with Gasteiger partial charge in [0.2, 0.25) is 0 Å². The largest absolute Gasteiger partial charge is 0.293 e. The molecule has 1 heterocycles. The molecule has 0 unspecified atom stereocenters. The molecule has 27 heavy (non-hydrogen) atoms. The van der Waals surface area contributed by atoms with Crippen molar-refractivity contribution in [2.75, 3.05) is 6.54 Å². The zero-order chi connectivity index (χ0) is 19.3. The van der Waals surface area contributed by atoms with E-state index >= 15 is 0 Å². The van der Waals surface area contributed by atoms with Gasteiger partial charge in [0.25, 0.3) is 0 Å². The normalized spacial score (nSPS) is 12.9. The van der Waals surface area contributed by atoms with Gasteiger partial charge in [-0.25, -0.2) is 4.57 Å². The lowest BCUT2D eigenvalue weighted by Crippen LogP contribution is -2.30. The van der Waals surface area contributed by atoms with Gasteiger partial charge in [0.05, 0.1) is 0 Å². The van der Waals surface area contributed by atoms with Crippen molar-refractivity contribution < 1.29 is 4.57 Å². The van der Waals surface area contributed by atoms with Gasteiger partial charge in [0.15, 0.2) is 12.4 Å². The third-order valence-corrected chi connectivity index (χ3v) is 4.04. The highest BCUT2D eigenvalue weighted by atomic mass is 14.9. The van der Waals surface area contributed by atoms with Crippen molar-refractivity contribution in [1.29, 1.82) is 0 Å². The van der Waals surface area contributed by atoms with Crippen LogP contribution in [0.25, 0.3) is 18.2 Å². The maximum Gasteiger partial charge on any atom is 0.169 e. The van der Waals surface area contributed by atoms with Crippen LogP contribution in [0.1, 0.15) is 37.5 Å². The van der Waals surface area contributed by atoms with Crippen LogP contribution >= 0.6 is 0 Å². The third-order valence-electron chi connectivity index (χ3n) is 4.04. The smallest absolute Gasteiger partial charge is 0.169 e. The summed E-state index contributed by atoms with van der Waals surface area (Å²) >= 11 is 0. The van der Waals surface area contributed by atoms with Gasteiger partial charge in [-0.05, 0) is 55.2 Å². The minimum absolute atomic E-state index is 0.803. The molecule has 0 aliphatic heterocycles. The number of hydrogen-bond acceptors (Lipinski definition) is 1. The maximum absolute atomic E-state index is 4.25. The van der Waals surface area contributed by atoms with E-state index in [1.165, 1.54) is 16.7 Å². The Bertz CT molecular complexity index is 850. The van der Waals surface area contributed by atoms with Crippen LogP contribution in [-0.2, 0) is 6.54 Å². The molecule has 2 heteroatoms. The number of aliphatic imine (C=N–C) groups is 1. The van der Waals surface area contributed by atoms with Gasteiger partial charge >= 0.3 is 0 Å². The van der Waals surface area contributed by atoms with Gasteiger partial charge < -0.3 is 0 Å². The Labute approximate surface area is 163 Å². The lowest BCUT2D eigenvalue weighted by molar-refractivity contribution is -0.693. The minimum Gasteiger partial charge on any atom is -0.293 e. The highest BCUT2D eigenvalue weighted by Crippen LogP contribution is 2.12. The van der Waals surface area contributed by atoms with E-state index in [-0.39, 0.29) is 0 Å². The summed E-state index contributed by atoms with van der Waals surface area (Å²) < 4.78 is 2.16. The first-order chi connectivity index (χ1) is 13.2. The molecule has 0 amide bonds. The quantitative estimate of drug-likeness (QED) is 0.324. The summed E-state index contributed by atoms with van der Waals surface area (Å²) in [6, 6.07) is 12.8. The van der Waals surface area contributed by atoms with E-state index < -0.39 is 0 Å². The zero-order valence-corrected chi connectivity index (χ0v) is 16.5. The Kier molecular flexibility index (Phi) is 8.72. The average Bonchev–Trinajstić information content (AvgIpc) is 2.71. The monoisotopic (exact) mass is 357 g/mol. The molecule has 0 aliphatic carbocycles. The number of nitrogens with zero attached hydrogens (tertiary/aromatic N) is 2. The molecule has 0 N–H and O–H groups in total. The van der Waals surface area contributed by atoms with E-state index in [1.54, 1.807) is 0 Å². The van der Waals surface area contributed by atoms with Crippen molar-refractivity contribution >= 4 is 24.4 Å². The fourth-order valence-electron chi connectivity index (χ4n) is 2.55. The van der Waals surface area contributed by atoms with Crippen LogP contribution in [0.5, 0.6) is 0 Å². The summed E-state index contributed by atoms with van der Waals surface area (Å²) in [6.07, 6.45) is 20.8. The second kappa shape index (κ2) is 11.6. The van der Waals surface area contributed by atoms with E-state index in [2.05, 4.69) is 95.7 Å². The number of aromatic nitrogens is 1. The molecular formula is C25H29N2+. The lowest BCUT2D eigenvalue weighted by atomic mass is 10.1. The van der Waals surface area contributed by atoms with Gasteiger partial charge in [-0.15, -0.1) is 0 Å². The Morgan fingerprint density at radius 3 is 2.30 bits per heavy atom. The highest BCUT2D eigenvalue weighted by Gasteiger charge is 1.95. The molecule has 138 valence electrons. The second-order valence-electron chi connectivity index (χ2n) is 6.11. The molecule has 0 radical (unpaired) electrons. The number of benzene rings is 1. The molecule has 2 aromatic rings. The minimum atomic E-state index is 0.803. The van der Waals surface area contributed by atoms with Crippen LogP contribution in [0.15, 0.2) is 83.7 Å². The third kappa shape index (κ3) is 7.41. The summed E-state index contributed by atoms with van der Waals surface area (Å²) in [5, 5.41) is 0. The molecule has 2 nitrogen and oxygen atoms in total. The van der Waals surface area contributed by atoms with Crippen molar-refractivity contribution in [3.63, 3.8) is 0 Å². The molecule has 0 spiro atoms. The highest BCUT2D eigenvalue weighted by molar-refractivity contribution is 5.75. The van der Waals surface area contributed by atoms with Crippen LogP contribution in [0, 0.1) is 0 Å². The number of pyridine rings is 1. The average molecular weight is 358 g/mol. The first kappa shape index (κ1) is 20.3. The number of aryl methyl sites for hydroxylation is 1. The van der Waals surface area contributed by atoms with Crippen molar-refractivity contribution in [3.05, 3.63) is 95.4 Å². The van der Waals surface area contributed by atoms with Gasteiger partial charge in [-0.3, -0.25) is 4.99 Å². The molecule has 0 atom stereocenters. The number of rotatable bonds is 8. The van der Waals surface area contributed by atoms with E-state index in [9.17, 15) is 0 Å². The molecular weight excluding hydrogens is 328 g/mol. The maximum atomic E-state index is 4.25. The molecule has 1 aromatic carbocycles. The van der Waals surface area contributed by atoms with Gasteiger partial charge in [-0.1, -0.05) is 54.7 Å². The predicted octanol–water partition coefficient (Wildman–Crippen LogP) is 5.77. The van der Waals surface area contributed by atoms with E-state index in [0.29, 0.717) is 0 Å². The number of allylic oxidation sites excluding steroid dienone is 5. The van der Waals surface area contributed by atoms with Crippen LogP contribution < -0.4 is 4.57 Å². The fraction of sp³-hybridized carbons (Fsp3) is 0.200. The van der Waals surface area contributed by atoms with E-state index in [4.69, 9.17) is 0 Å². The SMILES string of the molecule is C\C=C/C(/C=C/c1cccc(/C=C/c2cc[n+](CC)cc2)c1)=C\C=NCC. The first-order valence-corrected chi connectivity index (χ1v) is 9.53. The van der Waals surface area contributed by atoms with Crippen molar-refractivity contribution in [1.82, 2.24) is 0 Å². The van der Waals surface area contributed by atoms with Crippen LogP contribution in [0.4, 0.5) is 0 Å². The Morgan fingerprint density at radius 2 is 1.63 bits per heavy atom. The van der Waals surface area contributed by atoms with E-state index in [0.717, 1.165) is 18.7 Å². The van der Waals surface area contributed by atoms with Crippen LogP contribution in [-0.4, -0.2) is 12.8 Å². The molecule has 0 fully saturated rings.